The van der Waals surface area contributed by atoms with Crippen molar-refractivity contribution in [1.82, 2.24) is 4.89 Å². The summed E-state index contributed by atoms with van der Waals surface area (Å²) >= 11 is 0. The van der Waals surface area contributed by atoms with E-state index in [1.807, 2.05) is 0 Å². The van der Waals surface area contributed by atoms with Crippen LogP contribution in [0.25, 0.3) is 0 Å². The van der Waals surface area contributed by atoms with Gasteiger partial charge in [-0.2, -0.15) is 8.42 Å². The van der Waals surface area contributed by atoms with Crippen LogP contribution in [0.5, 0.6) is 5.75 Å². The molecule has 2 saturated carbocycles. The number of ketones is 1. The van der Waals surface area contributed by atoms with Gasteiger partial charge in [0, 0.05) is 17.4 Å². The van der Waals surface area contributed by atoms with Crippen molar-refractivity contribution in [2.45, 2.75) is 51.4 Å². The summed E-state index contributed by atoms with van der Waals surface area (Å²) in [5.74, 6) is 0.863. The van der Waals surface area contributed by atoms with Crippen molar-refractivity contribution in [3.63, 3.8) is 0 Å². The summed E-state index contributed by atoms with van der Waals surface area (Å²) in [4.78, 5) is 29.7. The van der Waals surface area contributed by atoms with E-state index in [1.165, 1.54) is 11.0 Å². The van der Waals surface area contributed by atoms with Crippen molar-refractivity contribution < 1.29 is 27.5 Å². The van der Waals surface area contributed by atoms with Crippen molar-refractivity contribution in [3.05, 3.63) is 33.4 Å². The van der Waals surface area contributed by atoms with E-state index < -0.39 is 15.2 Å². The highest BCUT2D eigenvalue weighted by Gasteiger charge is 2.55. The van der Waals surface area contributed by atoms with Gasteiger partial charge in [-0.25, -0.2) is 0 Å². The number of nitrogens with one attached hydrogen (secondary N) is 1. The Bertz CT molecular complexity index is 961. The second kappa shape index (κ2) is 6.50. The molecule has 0 spiro atoms. The molecular formula is C18H22N2O7S. The van der Waals surface area contributed by atoms with Crippen LogP contribution in [0.1, 0.15) is 56.1 Å². The lowest BCUT2D eigenvalue weighted by molar-refractivity contribution is -0.386. The molecule has 9 nitrogen and oxygen atoms in total. The van der Waals surface area contributed by atoms with Crippen LogP contribution < -0.4 is 9.72 Å². The van der Waals surface area contributed by atoms with Crippen LogP contribution in [0.2, 0.25) is 0 Å². The molecule has 4 rings (SSSR count). The number of rotatable bonds is 4. The minimum Gasteiger partial charge on any atom is -0.385 e. The van der Waals surface area contributed by atoms with Crippen LogP contribution >= 0.6 is 0 Å². The van der Waals surface area contributed by atoms with Crippen LogP contribution in [0.15, 0.2) is 12.1 Å². The summed E-state index contributed by atoms with van der Waals surface area (Å²) < 4.78 is 30.5. The van der Waals surface area contributed by atoms with E-state index in [0.29, 0.717) is 36.0 Å². The summed E-state index contributed by atoms with van der Waals surface area (Å²) in [7, 11) is -4.65. The first kappa shape index (κ1) is 19.3. The minimum absolute atomic E-state index is 0.148. The van der Waals surface area contributed by atoms with Crippen LogP contribution in [-0.2, 0) is 21.5 Å². The fraction of sp³-hybridized carbons (Fsp3) is 0.611. The normalized spacial score (nSPS) is 31.6. The Kier molecular flexibility index (Phi) is 4.48. The third kappa shape index (κ3) is 2.99. The van der Waals surface area contributed by atoms with E-state index in [0.717, 1.165) is 31.2 Å². The van der Waals surface area contributed by atoms with Crippen molar-refractivity contribution in [2.24, 2.45) is 17.3 Å². The fourth-order valence-corrected chi connectivity index (χ4v) is 5.97. The molecule has 0 aromatic heterocycles. The molecule has 2 fully saturated rings. The lowest BCUT2D eigenvalue weighted by Gasteiger charge is -2.48. The van der Waals surface area contributed by atoms with Gasteiger partial charge in [-0.15, -0.1) is 0 Å². The Morgan fingerprint density at radius 3 is 2.71 bits per heavy atom. The molecule has 4 atom stereocenters. The maximum absolute atomic E-state index is 12.4. The maximum Gasteiger partial charge on any atom is 0.364 e. The van der Waals surface area contributed by atoms with E-state index in [1.54, 1.807) is 6.07 Å². The zero-order valence-corrected chi connectivity index (χ0v) is 16.2. The molecule has 3 aliphatic rings. The molecule has 0 bridgehead atoms. The average molecular weight is 410 g/mol. The van der Waals surface area contributed by atoms with Gasteiger partial charge in [-0.1, -0.05) is 13.0 Å². The van der Waals surface area contributed by atoms with Crippen LogP contribution in [0, 0.1) is 27.4 Å². The lowest BCUT2D eigenvalue weighted by Crippen LogP contribution is -2.42. The summed E-state index contributed by atoms with van der Waals surface area (Å²) in [6.45, 7) is 2.07. The Morgan fingerprint density at radius 2 is 2.04 bits per heavy atom. The van der Waals surface area contributed by atoms with Gasteiger partial charge in [0.05, 0.1) is 4.92 Å². The van der Waals surface area contributed by atoms with Crippen LogP contribution in [-0.4, -0.2) is 23.7 Å². The topological polar surface area (TPSA) is 136 Å². The van der Waals surface area contributed by atoms with E-state index in [-0.39, 0.29) is 22.8 Å². The summed E-state index contributed by atoms with van der Waals surface area (Å²) in [6, 6.07) is 3.12. The number of Topliss-reactive ketones (excluding diaryl/α,β-unsaturated/α-hetero) is 1. The molecule has 2 N–H and O–H groups in total. The quantitative estimate of drug-likeness (QED) is 0.442. The van der Waals surface area contributed by atoms with Crippen LogP contribution in [0.4, 0.5) is 5.69 Å². The molecule has 3 aliphatic carbocycles. The van der Waals surface area contributed by atoms with Gasteiger partial charge in [-0.05, 0) is 66.4 Å². The second-order valence-corrected chi connectivity index (χ2v) is 9.35. The Morgan fingerprint density at radius 1 is 1.29 bits per heavy atom. The third-order valence-electron chi connectivity index (χ3n) is 6.99. The summed E-state index contributed by atoms with van der Waals surface area (Å²) in [5.41, 5.74) is 0.896. The predicted octanol–water partition coefficient (Wildman–Crippen LogP) is 2.71. The van der Waals surface area contributed by atoms with E-state index in [2.05, 4.69) is 6.92 Å². The van der Waals surface area contributed by atoms with Crippen molar-refractivity contribution in [2.75, 3.05) is 0 Å². The Balaban J connectivity index is 1.71. The highest BCUT2D eigenvalue weighted by molar-refractivity contribution is 7.83. The highest BCUT2D eigenvalue weighted by atomic mass is 32.2. The third-order valence-corrected chi connectivity index (χ3v) is 7.29. The van der Waals surface area contributed by atoms with Crippen LogP contribution in [0.3, 0.4) is 0 Å². The number of fused-ring (bicyclic) bond motifs is 5. The largest absolute Gasteiger partial charge is 0.385 e. The molecule has 0 radical (unpaired) electrons. The molecular weight excluding hydrogens is 388 g/mol. The van der Waals surface area contributed by atoms with Crippen molar-refractivity contribution in [1.29, 1.82) is 0 Å². The average Bonchev–Trinajstić information content (AvgIpc) is 2.93. The number of nitro groups is 1. The zero-order chi connectivity index (χ0) is 20.3. The van der Waals surface area contributed by atoms with Gasteiger partial charge in [0.15, 0.2) is 0 Å². The second-order valence-electron chi connectivity index (χ2n) is 8.23. The molecule has 10 heteroatoms. The first-order valence-electron chi connectivity index (χ1n) is 9.36. The number of carbonyl (C=O) groups is 1. The van der Waals surface area contributed by atoms with Crippen molar-refractivity contribution >= 4 is 21.8 Å². The van der Waals surface area contributed by atoms with Gasteiger partial charge in [0.1, 0.15) is 5.78 Å². The molecule has 1 aromatic carbocycles. The molecule has 0 heterocycles. The number of carbonyl (C=O) groups excluding carboxylic acids is 1. The van der Waals surface area contributed by atoms with E-state index in [9.17, 15) is 23.3 Å². The first-order valence-corrected chi connectivity index (χ1v) is 10.8. The van der Waals surface area contributed by atoms with E-state index >= 15 is 0 Å². The van der Waals surface area contributed by atoms with Gasteiger partial charge in [-0.3, -0.25) is 19.5 Å². The monoisotopic (exact) mass is 410 g/mol. The molecule has 0 saturated heterocycles. The number of benzene rings is 1. The maximum atomic E-state index is 12.4. The lowest BCUT2D eigenvalue weighted by atomic mass is 9.55. The van der Waals surface area contributed by atoms with E-state index in [4.69, 9.17) is 9.39 Å². The SMILES string of the molecule is C[C@]12CC[C@@H]3c4ccc(ONS(=O)(=O)O)c([N+](=O)[O-])c4CC[C@H]3[C@@H]1CCC2=O. The zero-order valence-electron chi connectivity index (χ0n) is 15.4. The van der Waals surface area contributed by atoms with Gasteiger partial charge in [0.25, 0.3) is 0 Å². The molecule has 28 heavy (non-hydrogen) atoms. The first-order chi connectivity index (χ1) is 13.1. The number of hydrogen-bond donors (Lipinski definition) is 2. The summed E-state index contributed by atoms with van der Waals surface area (Å²) in [5, 5.41) is 11.7. The molecule has 1 aromatic rings. The fourth-order valence-electron chi connectivity index (χ4n) is 5.78. The molecule has 152 valence electrons. The Hall–Kier alpha value is -2.04. The van der Waals surface area contributed by atoms with Gasteiger partial charge < -0.3 is 4.84 Å². The van der Waals surface area contributed by atoms with Gasteiger partial charge >= 0.3 is 16.0 Å². The minimum atomic E-state index is -4.65. The number of nitrogens with zero attached hydrogens (tertiary/aromatic N) is 1. The van der Waals surface area contributed by atoms with Crippen molar-refractivity contribution in [3.8, 4) is 5.75 Å². The smallest absolute Gasteiger partial charge is 0.364 e. The number of nitro benzene ring substituents is 1. The Labute approximate surface area is 162 Å². The van der Waals surface area contributed by atoms with Gasteiger partial charge in [0.2, 0.25) is 5.75 Å². The molecule has 0 unspecified atom stereocenters. The predicted molar refractivity (Wildman–Crippen MR) is 98.0 cm³/mol. The standard InChI is InChI=1S/C18H22N2O7S/c1-18-9-8-11-10-4-6-15(27-19-28(24,25)26)17(20(22)23)13(10)3-2-12(11)14(18)5-7-16(18)21/h4,6,11-12,14,19H,2-3,5,7-9H2,1H3,(H,24,25,26)/t11-,12-,14+,18+/m1/s1. The summed E-state index contributed by atoms with van der Waals surface area (Å²) in [6.07, 6.45) is 4.31. The molecule has 0 aliphatic heterocycles. The molecule has 0 amide bonds. The number of hydrogen-bond acceptors (Lipinski definition) is 6. The highest BCUT2D eigenvalue weighted by Crippen LogP contribution is 2.60.